The summed E-state index contributed by atoms with van der Waals surface area (Å²) in [7, 11) is 0. The Morgan fingerprint density at radius 1 is 1.35 bits per heavy atom. The van der Waals surface area contributed by atoms with E-state index >= 15 is 0 Å². The number of carbonyl (C=O) groups is 2. The first kappa shape index (κ1) is 16.4. The summed E-state index contributed by atoms with van der Waals surface area (Å²) < 4.78 is 37.1. The second-order valence-corrected chi connectivity index (χ2v) is 5.12. The second-order valence-electron chi connectivity index (χ2n) is 4.02. The van der Waals surface area contributed by atoms with Gasteiger partial charge in [0.05, 0.1) is 12.0 Å². The van der Waals surface area contributed by atoms with Crippen LogP contribution in [0.2, 0.25) is 0 Å². The summed E-state index contributed by atoms with van der Waals surface area (Å²) in [4.78, 5) is 22.1. The maximum atomic E-state index is 12.4. The molecular formula is C12H12F3NO3S. The third kappa shape index (κ3) is 5.52. The SMILES string of the molecule is CC(CC(=O)O)NC(=O)c1ccccc1SC(F)(F)F. The molecule has 20 heavy (non-hydrogen) atoms. The van der Waals surface area contributed by atoms with E-state index in [0.29, 0.717) is 0 Å². The van der Waals surface area contributed by atoms with Crippen LogP contribution in [-0.4, -0.2) is 28.5 Å². The van der Waals surface area contributed by atoms with E-state index in [4.69, 9.17) is 5.11 Å². The minimum absolute atomic E-state index is 0.132. The highest BCUT2D eigenvalue weighted by Crippen LogP contribution is 2.38. The van der Waals surface area contributed by atoms with Crippen LogP contribution in [0.1, 0.15) is 23.7 Å². The topological polar surface area (TPSA) is 66.4 Å². The molecule has 0 saturated carbocycles. The molecular weight excluding hydrogens is 295 g/mol. The van der Waals surface area contributed by atoms with E-state index in [-0.39, 0.29) is 28.6 Å². The van der Waals surface area contributed by atoms with Crippen LogP contribution < -0.4 is 5.32 Å². The van der Waals surface area contributed by atoms with Crippen molar-refractivity contribution in [1.82, 2.24) is 5.32 Å². The molecule has 0 aliphatic carbocycles. The van der Waals surface area contributed by atoms with Crippen molar-refractivity contribution in [2.24, 2.45) is 0 Å². The Bertz CT molecular complexity index is 505. The summed E-state index contributed by atoms with van der Waals surface area (Å²) in [5, 5.41) is 10.9. The van der Waals surface area contributed by atoms with E-state index in [1.807, 2.05) is 0 Å². The average Bonchev–Trinajstić information content (AvgIpc) is 2.25. The number of thioether (sulfide) groups is 1. The molecule has 0 aromatic heterocycles. The zero-order valence-corrected chi connectivity index (χ0v) is 11.2. The fraction of sp³-hybridized carbons (Fsp3) is 0.333. The van der Waals surface area contributed by atoms with Gasteiger partial charge < -0.3 is 10.4 Å². The van der Waals surface area contributed by atoms with Gasteiger partial charge in [-0.1, -0.05) is 12.1 Å². The lowest BCUT2D eigenvalue weighted by molar-refractivity contribution is -0.137. The molecule has 0 heterocycles. The molecule has 0 aliphatic heterocycles. The highest BCUT2D eigenvalue weighted by molar-refractivity contribution is 8.00. The number of alkyl halides is 3. The second kappa shape index (κ2) is 6.65. The zero-order chi connectivity index (χ0) is 15.3. The molecule has 0 bridgehead atoms. The van der Waals surface area contributed by atoms with Crippen LogP contribution in [0.25, 0.3) is 0 Å². The minimum atomic E-state index is -4.50. The van der Waals surface area contributed by atoms with Crippen LogP contribution in [-0.2, 0) is 4.79 Å². The summed E-state index contributed by atoms with van der Waals surface area (Å²) in [5.74, 6) is -1.83. The number of carboxylic acids is 1. The van der Waals surface area contributed by atoms with Crippen molar-refractivity contribution in [3.8, 4) is 0 Å². The van der Waals surface area contributed by atoms with Crippen molar-refractivity contribution in [2.45, 2.75) is 29.8 Å². The van der Waals surface area contributed by atoms with Gasteiger partial charge in [0.15, 0.2) is 0 Å². The molecule has 0 aliphatic rings. The van der Waals surface area contributed by atoms with Gasteiger partial charge in [0.25, 0.3) is 5.91 Å². The van der Waals surface area contributed by atoms with Crippen LogP contribution in [0.4, 0.5) is 13.2 Å². The minimum Gasteiger partial charge on any atom is -0.481 e. The number of hydrogen-bond donors (Lipinski definition) is 2. The predicted octanol–water partition coefficient (Wildman–Crippen LogP) is 2.89. The highest BCUT2D eigenvalue weighted by Gasteiger charge is 2.31. The number of benzene rings is 1. The van der Waals surface area contributed by atoms with E-state index in [1.165, 1.54) is 31.2 Å². The molecule has 0 saturated heterocycles. The fourth-order valence-corrected chi connectivity index (χ4v) is 2.15. The summed E-state index contributed by atoms with van der Waals surface area (Å²) in [6.07, 6.45) is -0.305. The molecule has 1 amide bonds. The number of carbonyl (C=O) groups excluding carboxylic acids is 1. The summed E-state index contributed by atoms with van der Waals surface area (Å²) in [6, 6.07) is 4.61. The van der Waals surface area contributed by atoms with E-state index in [2.05, 4.69) is 5.32 Å². The molecule has 1 atom stereocenters. The summed E-state index contributed by atoms with van der Waals surface area (Å²) in [5.41, 5.74) is -4.63. The largest absolute Gasteiger partial charge is 0.481 e. The van der Waals surface area contributed by atoms with Gasteiger partial charge in [0.1, 0.15) is 0 Å². The molecule has 8 heteroatoms. The number of hydrogen-bond acceptors (Lipinski definition) is 3. The van der Waals surface area contributed by atoms with Crippen molar-refractivity contribution in [3.05, 3.63) is 29.8 Å². The van der Waals surface area contributed by atoms with Crippen LogP contribution >= 0.6 is 11.8 Å². The van der Waals surface area contributed by atoms with E-state index in [0.717, 1.165) is 0 Å². The zero-order valence-electron chi connectivity index (χ0n) is 10.4. The first-order valence-electron chi connectivity index (χ1n) is 5.56. The van der Waals surface area contributed by atoms with Crippen molar-refractivity contribution in [3.63, 3.8) is 0 Å². The summed E-state index contributed by atoms with van der Waals surface area (Å²) in [6.45, 7) is 1.46. The van der Waals surface area contributed by atoms with Crippen LogP contribution in [0.15, 0.2) is 29.2 Å². The third-order valence-electron chi connectivity index (χ3n) is 2.22. The Labute approximate surface area is 117 Å². The number of amides is 1. The van der Waals surface area contributed by atoms with Crippen molar-refractivity contribution < 1.29 is 27.9 Å². The summed E-state index contributed by atoms with van der Waals surface area (Å²) >= 11 is -0.380. The molecule has 1 rings (SSSR count). The Morgan fingerprint density at radius 3 is 2.50 bits per heavy atom. The van der Waals surface area contributed by atoms with Gasteiger partial charge in [0, 0.05) is 10.9 Å². The first-order valence-corrected chi connectivity index (χ1v) is 6.38. The maximum absolute atomic E-state index is 12.4. The molecule has 0 fully saturated rings. The van der Waals surface area contributed by atoms with Crippen LogP contribution in [0, 0.1) is 0 Å². The molecule has 1 unspecified atom stereocenters. The molecule has 2 N–H and O–H groups in total. The third-order valence-corrected chi connectivity index (χ3v) is 3.02. The Hall–Kier alpha value is -1.70. The van der Waals surface area contributed by atoms with Gasteiger partial charge in [-0.3, -0.25) is 9.59 Å². The standard InChI is InChI=1S/C12H12F3NO3S/c1-7(6-10(17)18)16-11(19)8-4-2-3-5-9(8)20-12(13,14)15/h2-5,7H,6H2,1H3,(H,16,19)(H,17,18). The molecule has 4 nitrogen and oxygen atoms in total. The van der Waals surface area contributed by atoms with E-state index in [1.54, 1.807) is 0 Å². The van der Waals surface area contributed by atoms with Gasteiger partial charge in [-0.25, -0.2) is 0 Å². The number of nitrogens with one attached hydrogen (secondary N) is 1. The van der Waals surface area contributed by atoms with Crippen molar-refractivity contribution >= 4 is 23.6 Å². The van der Waals surface area contributed by atoms with Crippen molar-refractivity contribution in [1.29, 1.82) is 0 Å². The van der Waals surface area contributed by atoms with Gasteiger partial charge in [0.2, 0.25) is 0 Å². The monoisotopic (exact) mass is 307 g/mol. The van der Waals surface area contributed by atoms with Gasteiger partial charge in [-0.15, -0.1) is 0 Å². The lowest BCUT2D eigenvalue weighted by Crippen LogP contribution is -2.34. The Kier molecular flexibility index (Phi) is 5.43. The maximum Gasteiger partial charge on any atom is 0.446 e. The number of aliphatic carboxylic acids is 1. The molecule has 0 radical (unpaired) electrons. The molecule has 1 aromatic rings. The molecule has 110 valence electrons. The lowest BCUT2D eigenvalue weighted by atomic mass is 10.2. The highest BCUT2D eigenvalue weighted by atomic mass is 32.2. The molecule has 1 aromatic carbocycles. The lowest BCUT2D eigenvalue weighted by Gasteiger charge is -2.14. The Balaban J connectivity index is 2.85. The normalized spacial score (nSPS) is 12.8. The van der Waals surface area contributed by atoms with Gasteiger partial charge >= 0.3 is 11.5 Å². The number of rotatable bonds is 5. The van der Waals surface area contributed by atoms with E-state index < -0.39 is 23.4 Å². The Morgan fingerprint density at radius 2 is 1.95 bits per heavy atom. The van der Waals surface area contributed by atoms with Crippen LogP contribution in [0.5, 0.6) is 0 Å². The van der Waals surface area contributed by atoms with Crippen LogP contribution in [0.3, 0.4) is 0 Å². The van der Waals surface area contributed by atoms with Gasteiger partial charge in [-0.2, -0.15) is 13.2 Å². The molecule has 0 spiro atoms. The van der Waals surface area contributed by atoms with E-state index in [9.17, 15) is 22.8 Å². The smallest absolute Gasteiger partial charge is 0.446 e. The predicted molar refractivity (Wildman–Crippen MR) is 67.5 cm³/mol. The fourth-order valence-electron chi connectivity index (χ4n) is 1.48. The first-order chi connectivity index (χ1) is 9.19. The quantitative estimate of drug-likeness (QED) is 0.821. The van der Waals surface area contributed by atoms with Crippen molar-refractivity contribution in [2.75, 3.05) is 0 Å². The van der Waals surface area contributed by atoms with Gasteiger partial charge in [-0.05, 0) is 30.8 Å². The average molecular weight is 307 g/mol. The number of carboxylic acid groups (broad SMARTS) is 1. The number of halogens is 3.